The second-order valence-electron chi connectivity index (χ2n) is 4.25. The summed E-state index contributed by atoms with van der Waals surface area (Å²) in [6, 6.07) is 6.50. The molecule has 0 aliphatic heterocycles. The zero-order chi connectivity index (χ0) is 14.3. The molecule has 1 rings (SSSR count). The first-order chi connectivity index (χ1) is 9.02. The molecule has 1 unspecified atom stereocenters. The number of nitrogens with two attached hydrogens (primary N) is 1. The standard InChI is InChI=1S/C13H20N4O2/c1-9(16-12(18)7-8-15-2)10-3-5-11(6-4-10)17-13(14)19/h3-6,9,15H,7-8H2,1-2H3,(H,16,18)(H3,14,17,19). The van der Waals surface area contributed by atoms with E-state index in [1.807, 2.05) is 19.1 Å². The van der Waals surface area contributed by atoms with Gasteiger partial charge in [-0.1, -0.05) is 12.1 Å². The molecule has 0 aliphatic rings. The first-order valence-electron chi connectivity index (χ1n) is 6.13. The van der Waals surface area contributed by atoms with Gasteiger partial charge in [-0.05, 0) is 31.7 Å². The largest absolute Gasteiger partial charge is 0.351 e. The predicted molar refractivity (Wildman–Crippen MR) is 74.7 cm³/mol. The molecule has 5 N–H and O–H groups in total. The molecule has 3 amide bonds. The minimum absolute atomic E-state index is 0.00110. The van der Waals surface area contributed by atoms with E-state index in [0.29, 0.717) is 18.7 Å². The summed E-state index contributed by atoms with van der Waals surface area (Å²) >= 11 is 0. The van der Waals surface area contributed by atoms with Crippen LogP contribution in [0.1, 0.15) is 24.9 Å². The summed E-state index contributed by atoms with van der Waals surface area (Å²) in [5.74, 6) is 0.00110. The van der Waals surface area contributed by atoms with Crippen molar-refractivity contribution in [1.29, 1.82) is 0 Å². The Morgan fingerprint density at radius 1 is 1.26 bits per heavy atom. The molecule has 104 valence electrons. The number of nitrogens with one attached hydrogen (secondary N) is 3. The molecule has 1 aromatic carbocycles. The van der Waals surface area contributed by atoms with Gasteiger partial charge in [0.1, 0.15) is 0 Å². The van der Waals surface area contributed by atoms with Crippen molar-refractivity contribution in [3.63, 3.8) is 0 Å². The van der Waals surface area contributed by atoms with Gasteiger partial charge in [0.15, 0.2) is 0 Å². The third-order valence-corrected chi connectivity index (χ3v) is 2.66. The molecule has 0 radical (unpaired) electrons. The molecule has 0 aromatic heterocycles. The lowest BCUT2D eigenvalue weighted by molar-refractivity contribution is -0.121. The molecule has 0 spiro atoms. The number of anilines is 1. The predicted octanol–water partition coefficient (Wildman–Crippen LogP) is 0.964. The highest BCUT2D eigenvalue weighted by molar-refractivity contribution is 5.87. The molecular weight excluding hydrogens is 244 g/mol. The summed E-state index contributed by atoms with van der Waals surface area (Å²) in [6.45, 7) is 2.56. The third-order valence-electron chi connectivity index (χ3n) is 2.66. The van der Waals surface area contributed by atoms with E-state index >= 15 is 0 Å². The number of urea groups is 1. The number of carbonyl (C=O) groups is 2. The molecule has 0 saturated carbocycles. The Hall–Kier alpha value is -2.08. The van der Waals surface area contributed by atoms with Gasteiger partial charge in [0, 0.05) is 18.7 Å². The van der Waals surface area contributed by atoms with Crippen LogP contribution in [0.5, 0.6) is 0 Å². The molecule has 6 nitrogen and oxygen atoms in total. The number of hydrogen-bond donors (Lipinski definition) is 4. The van der Waals surface area contributed by atoms with Crippen molar-refractivity contribution >= 4 is 17.6 Å². The van der Waals surface area contributed by atoms with E-state index in [2.05, 4.69) is 16.0 Å². The van der Waals surface area contributed by atoms with E-state index in [4.69, 9.17) is 5.73 Å². The fourth-order valence-electron chi connectivity index (χ4n) is 1.63. The summed E-state index contributed by atoms with van der Waals surface area (Å²) in [4.78, 5) is 22.3. The van der Waals surface area contributed by atoms with Crippen LogP contribution >= 0.6 is 0 Å². The Morgan fingerprint density at radius 3 is 2.42 bits per heavy atom. The fourth-order valence-corrected chi connectivity index (χ4v) is 1.63. The summed E-state index contributed by atoms with van der Waals surface area (Å²) in [6.07, 6.45) is 0.447. The molecule has 0 fully saturated rings. The van der Waals surface area contributed by atoms with E-state index in [1.165, 1.54) is 0 Å². The van der Waals surface area contributed by atoms with Gasteiger partial charge in [0.05, 0.1) is 6.04 Å². The topological polar surface area (TPSA) is 96.2 Å². The molecule has 19 heavy (non-hydrogen) atoms. The molecular formula is C13H20N4O2. The molecule has 6 heteroatoms. The zero-order valence-corrected chi connectivity index (χ0v) is 11.2. The zero-order valence-electron chi connectivity index (χ0n) is 11.2. The first kappa shape index (κ1) is 15.0. The lowest BCUT2D eigenvalue weighted by Crippen LogP contribution is -2.29. The summed E-state index contributed by atoms with van der Waals surface area (Å²) in [5.41, 5.74) is 6.62. The van der Waals surface area contributed by atoms with E-state index in [1.54, 1.807) is 19.2 Å². The van der Waals surface area contributed by atoms with Crippen LogP contribution < -0.4 is 21.7 Å². The van der Waals surface area contributed by atoms with Gasteiger partial charge in [0.25, 0.3) is 0 Å². The van der Waals surface area contributed by atoms with Crippen molar-refractivity contribution < 1.29 is 9.59 Å². The maximum Gasteiger partial charge on any atom is 0.316 e. The lowest BCUT2D eigenvalue weighted by Gasteiger charge is -2.15. The molecule has 0 heterocycles. The number of amides is 3. The van der Waals surface area contributed by atoms with Gasteiger partial charge in [-0.2, -0.15) is 0 Å². The summed E-state index contributed by atoms with van der Waals surface area (Å²) in [7, 11) is 1.81. The Morgan fingerprint density at radius 2 is 1.89 bits per heavy atom. The maximum absolute atomic E-state index is 11.6. The SMILES string of the molecule is CNCCC(=O)NC(C)c1ccc(NC(N)=O)cc1. The van der Waals surface area contributed by atoms with Gasteiger partial charge in [-0.15, -0.1) is 0 Å². The van der Waals surface area contributed by atoms with Crippen molar-refractivity contribution in [2.45, 2.75) is 19.4 Å². The van der Waals surface area contributed by atoms with Gasteiger partial charge >= 0.3 is 6.03 Å². The van der Waals surface area contributed by atoms with Crippen molar-refractivity contribution in [2.75, 3.05) is 18.9 Å². The Labute approximate surface area is 112 Å². The van der Waals surface area contributed by atoms with Crippen molar-refractivity contribution in [3.05, 3.63) is 29.8 Å². The second kappa shape index (κ2) is 7.38. The van der Waals surface area contributed by atoms with Gasteiger partial charge in [-0.25, -0.2) is 4.79 Å². The van der Waals surface area contributed by atoms with Crippen LogP contribution in [0.25, 0.3) is 0 Å². The fraction of sp³-hybridized carbons (Fsp3) is 0.385. The van der Waals surface area contributed by atoms with E-state index in [9.17, 15) is 9.59 Å². The van der Waals surface area contributed by atoms with Crippen LogP contribution in [0.2, 0.25) is 0 Å². The van der Waals surface area contributed by atoms with E-state index in [0.717, 1.165) is 5.56 Å². The first-order valence-corrected chi connectivity index (χ1v) is 6.13. The van der Waals surface area contributed by atoms with Crippen LogP contribution in [-0.2, 0) is 4.79 Å². The summed E-state index contributed by atoms with van der Waals surface area (Å²) in [5, 5.41) is 8.31. The maximum atomic E-state index is 11.6. The highest BCUT2D eigenvalue weighted by atomic mass is 16.2. The van der Waals surface area contributed by atoms with Crippen LogP contribution in [0.15, 0.2) is 24.3 Å². The molecule has 0 aliphatic carbocycles. The number of rotatable bonds is 6. The minimum Gasteiger partial charge on any atom is -0.351 e. The average molecular weight is 264 g/mol. The number of primary amides is 1. The van der Waals surface area contributed by atoms with Crippen LogP contribution in [0, 0.1) is 0 Å². The van der Waals surface area contributed by atoms with Crippen molar-refractivity contribution in [2.24, 2.45) is 5.73 Å². The highest BCUT2D eigenvalue weighted by Gasteiger charge is 2.09. The monoisotopic (exact) mass is 264 g/mol. The Balaban J connectivity index is 2.55. The van der Waals surface area contributed by atoms with Gasteiger partial charge in [0.2, 0.25) is 5.91 Å². The van der Waals surface area contributed by atoms with Gasteiger partial charge < -0.3 is 21.7 Å². The smallest absolute Gasteiger partial charge is 0.316 e. The van der Waals surface area contributed by atoms with Crippen LogP contribution in [0.4, 0.5) is 10.5 Å². The van der Waals surface area contributed by atoms with E-state index in [-0.39, 0.29) is 11.9 Å². The van der Waals surface area contributed by atoms with Crippen LogP contribution in [0.3, 0.4) is 0 Å². The van der Waals surface area contributed by atoms with Gasteiger partial charge in [-0.3, -0.25) is 4.79 Å². The Kier molecular flexibility index (Phi) is 5.81. The summed E-state index contributed by atoms with van der Waals surface area (Å²) < 4.78 is 0. The normalized spacial score (nSPS) is 11.7. The molecule has 1 atom stereocenters. The van der Waals surface area contributed by atoms with Crippen molar-refractivity contribution in [1.82, 2.24) is 10.6 Å². The van der Waals surface area contributed by atoms with E-state index < -0.39 is 6.03 Å². The highest BCUT2D eigenvalue weighted by Crippen LogP contribution is 2.15. The Bertz CT molecular complexity index is 431. The average Bonchev–Trinajstić information content (AvgIpc) is 2.36. The number of hydrogen-bond acceptors (Lipinski definition) is 3. The molecule has 0 bridgehead atoms. The van der Waals surface area contributed by atoms with Crippen LogP contribution in [-0.4, -0.2) is 25.5 Å². The second-order valence-corrected chi connectivity index (χ2v) is 4.25. The minimum atomic E-state index is -0.596. The number of benzene rings is 1. The lowest BCUT2D eigenvalue weighted by atomic mass is 10.1. The number of carbonyl (C=O) groups excluding carboxylic acids is 2. The molecule has 0 saturated heterocycles. The quantitative estimate of drug-likeness (QED) is 0.616. The van der Waals surface area contributed by atoms with Crippen molar-refractivity contribution in [3.8, 4) is 0 Å². The third kappa shape index (κ3) is 5.39. The molecule has 1 aromatic rings.